The lowest BCUT2D eigenvalue weighted by atomic mass is 9.94. The van der Waals surface area contributed by atoms with Crippen molar-refractivity contribution in [2.75, 3.05) is 7.11 Å². The van der Waals surface area contributed by atoms with Crippen molar-refractivity contribution in [3.05, 3.63) is 22.6 Å². The Morgan fingerprint density at radius 3 is 2.74 bits per heavy atom. The SMILES string of the molecule is CO[C@@H]1CCCC[C@@H](NC(=O)c2c(C)oc3c2CCCC3)[C@H]1O. The van der Waals surface area contributed by atoms with Gasteiger partial charge < -0.3 is 19.6 Å². The highest BCUT2D eigenvalue weighted by atomic mass is 16.5. The molecule has 0 aromatic carbocycles. The summed E-state index contributed by atoms with van der Waals surface area (Å²) in [5.41, 5.74) is 1.75. The average molecular weight is 321 g/mol. The minimum absolute atomic E-state index is 0.116. The second-order valence-electron chi connectivity index (χ2n) is 6.77. The Morgan fingerprint density at radius 1 is 1.22 bits per heavy atom. The van der Waals surface area contributed by atoms with Gasteiger partial charge in [-0.2, -0.15) is 0 Å². The van der Waals surface area contributed by atoms with Gasteiger partial charge in [-0.3, -0.25) is 4.79 Å². The molecule has 2 aliphatic carbocycles. The van der Waals surface area contributed by atoms with Gasteiger partial charge in [0, 0.05) is 19.1 Å². The lowest BCUT2D eigenvalue weighted by molar-refractivity contribution is -0.0277. The second-order valence-corrected chi connectivity index (χ2v) is 6.77. The molecule has 1 amide bonds. The fraction of sp³-hybridized carbons (Fsp3) is 0.722. The molecule has 0 saturated heterocycles. The Balaban J connectivity index is 1.77. The molecule has 1 saturated carbocycles. The molecule has 0 aliphatic heterocycles. The van der Waals surface area contributed by atoms with Crippen LogP contribution in [0.25, 0.3) is 0 Å². The molecule has 1 aromatic heterocycles. The van der Waals surface area contributed by atoms with Gasteiger partial charge in [-0.1, -0.05) is 12.8 Å². The number of fused-ring (bicyclic) bond motifs is 1. The van der Waals surface area contributed by atoms with E-state index in [4.69, 9.17) is 9.15 Å². The number of hydrogen-bond acceptors (Lipinski definition) is 4. The number of aryl methyl sites for hydroxylation is 2. The van der Waals surface area contributed by atoms with Crippen molar-refractivity contribution in [3.63, 3.8) is 0 Å². The van der Waals surface area contributed by atoms with Crippen LogP contribution >= 0.6 is 0 Å². The van der Waals surface area contributed by atoms with Crippen molar-refractivity contribution < 1.29 is 19.1 Å². The number of nitrogens with one attached hydrogen (secondary N) is 1. The standard InChI is InChI=1S/C18H27NO4/c1-11-16(12-7-3-5-9-14(12)23-11)18(21)19-13-8-4-6-10-15(22-2)17(13)20/h13,15,17,20H,3-10H2,1-2H3,(H,19,21)/t13-,15-,17-/m1/s1. The van der Waals surface area contributed by atoms with E-state index in [0.29, 0.717) is 11.3 Å². The quantitative estimate of drug-likeness (QED) is 0.839. The second kappa shape index (κ2) is 7.05. The van der Waals surface area contributed by atoms with Crippen LogP contribution in [0.4, 0.5) is 0 Å². The average Bonchev–Trinajstić information content (AvgIpc) is 2.78. The maximum absolute atomic E-state index is 12.8. The molecular weight excluding hydrogens is 294 g/mol. The topological polar surface area (TPSA) is 71.7 Å². The predicted octanol–water partition coefficient (Wildman–Crippen LogP) is 2.52. The summed E-state index contributed by atoms with van der Waals surface area (Å²) in [6.45, 7) is 1.86. The maximum atomic E-state index is 12.8. The Labute approximate surface area is 137 Å². The Bertz CT molecular complexity index is 566. The smallest absolute Gasteiger partial charge is 0.255 e. The van der Waals surface area contributed by atoms with Crippen LogP contribution < -0.4 is 5.32 Å². The van der Waals surface area contributed by atoms with Gasteiger partial charge in [0.2, 0.25) is 0 Å². The summed E-state index contributed by atoms with van der Waals surface area (Å²) < 4.78 is 11.2. The van der Waals surface area contributed by atoms with Crippen molar-refractivity contribution in [2.24, 2.45) is 0 Å². The highest BCUT2D eigenvalue weighted by molar-refractivity contribution is 5.97. The molecule has 1 heterocycles. The maximum Gasteiger partial charge on any atom is 0.255 e. The van der Waals surface area contributed by atoms with E-state index in [1.165, 1.54) is 0 Å². The van der Waals surface area contributed by atoms with Crippen molar-refractivity contribution in [2.45, 2.75) is 76.5 Å². The summed E-state index contributed by atoms with van der Waals surface area (Å²) in [4.78, 5) is 12.8. The summed E-state index contributed by atoms with van der Waals surface area (Å²) in [7, 11) is 1.62. The molecule has 0 spiro atoms. The number of rotatable bonds is 3. The molecule has 2 N–H and O–H groups in total. The molecular formula is C18H27NO4. The number of ether oxygens (including phenoxy) is 1. The van der Waals surface area contributed by atoms with E-state index in [-0.39, 0.29) is 18.1 Å². The van der Waals surface area contributed by atoms with E-state index in [2.05, 4.69) is 5.32 Å². The third kappa shape index (κ3) is 3.31. The van der Waals surface area contributed by atoms with Crippen LogP contribution in [0, 0.1) is 6.92 Å². The number of amides is 1. The molecule has 1 aromatic rings. The van der Waals surface area contributed by atoms with Gasteiger partial charge in [-0.15, -0.1) is 0 Å². The van der Waals surface area contributed by atoms with Crippen molar-refractivity contribution in [1.29, 1.82) is 0 Å². The van der Waals surface area contributed by atoms with Gasteiger partial charge >= 0.3 is 0 Å². The highest BCUT2D eigenvalue weighted by Crippen LogP contribution is 2.30. The molecule has 0 bridgehead atoms. The third-order valence-electron chi connectivity index (χ3n) is 5.24. The van der Waals surface area contributed by atoms with Gasteiger partial charge in [0.25, 0.3) is 5.91 Å². The summed E-state index contributed by atoms with van der Waals surface area (Å²) in [6, 6.07) is -0.261. The molecule has 128 valence electrons. The Hall–Kier alpha value is -1.33. The molecule has 2 aliphatic rings. The van der Waals surface area contributed by atoms with Gasteiger partial charge in [0.05, 0.1) is 17.7 Å². The fourth-order valence-electron chi connectivity index (χ4n) is 3.97. The lowest BCUT2D eigenvalue weighted by Crippen LogP contribution is -2.48. The minimum atomic E-state index is -0.658. The van der Waals surface area contributed by atoms with E-state index in [1.54, 1.807) is 7.11 Å². The summed E-state index contributed by atoms with van der Waals surface area (Å²) >= 11 is 0. The molecule has 5 heteroatoms. The number of aliphatic hydroxyl groups excluding tert-OH is 1. The van der Waals surface area contributed by atoms with Gasteiger partial charge in [-0.25, -0.2) is 0 Å². The molecule has 3 atom stereocenters. The van der Waals surface area contributed by atoms with Crippen molar-refractivity contribution in [1.82, 2.24) is 5.32 Å². The first-order chi connectivity index (χ1) is 11.1. The molecule has 0 unspecified atom stereocenters. The lowest BCUT2D eigenvalue weighted by Gasteiger charge is -2.27. The number of aliphatic hydroxyl groups is 1. The highest BCUT2D eigenvalue weighted by Gasteiger charge is 2.33. The summed E-state index contributed by atoms with van der Waals surface area (Å²) in [5, 5.41) is 13.5. The molecule has 5 nitrogen and oxygen atoms in total. The van der Waals surface area contributed by atoms with Crippen LogP contribution in [0.1, 0.15) is 66.0 Å². The van der Waals surface area contributed by atoms with Crippen LogP contribution in [0.3, 0.4) is 0 Å². The first kappa shape index (κ1) is 16.5. The Morgan fingerprint density at radius 2 is 1.96 bits per heavy atom. The number of carbonyl (C=O) groups excluding carboxylic acids is 1. The normalized spacial score (nSPS) is 28.0. The van der Waals surface area contributed by atoms with Gasteiger partial charge in [-0.05, 0) is 39.0 Å². The monoisotopic (exact) mass is 321 g/mol. The van der Waals surface area contributed by atoms with E-state index in [9.17, 15) is 9.90 Å². The number of carbonyl (C=O) groups is 1. The minimum Gasteiger partial charge on any atom is -0.465 e. The van der Waals surface area contributed by atoms with Crippen LogP contribution in [0.2, 0.25) is 0 Å². The zero-order valence-electron chi connectivity index (χ0n) is 14.1. The molecule has 0 radical (unpaired) electrons. The molecule has 3 rings (SSSR count). The molecule has 23 heavy (non-hydrogen) atoms. The van der Waals surface area contributed by atoms with Crippen LogP contribution in [-0.2, 0) is 17.6 Å². The van der Waals surface area contributed by atoms with Gasteiger partial charge in [0.15, 0.2) is 0 Å². The van der Waals surface area contributed by atoms with E-state index in [1.807, 2.05) is 6.92 Å². The summed E-state index contributed by atoms with van der Waals surface area (Å²) in [6.07, 6.45) is 6.81. The van der Waals surface area contributed by atoms with Crippen LogP contribution in [0.15, 0.2) is 4.42 Å². The molecule has 1 fully saturated rings. The largest absolute Gasteiger partial charge is 0.465 e. The third-order valence-corrected chi connectivity index (χ3v) is 5.24. The van der Waals surface area contributed by atoms with Crippen LogP contribution in [0.5, 0.6) is 0 Å². The van der Waals surface area contributed by atoms with Crippen molar-refractivity contribution >= 4 is 5.91 Å². The van der Waals surface area contributed by atoms with Gasteiger partial charge in [0.1, 0.15) is 17.6 Å². The number of furan rings is 1. The Kier molecular flexibility index (Phi) is 5.07. The van der Waals surface area contributed by atoms with Crippen molar-refractivity contribution in [3.8, 4) is 0 Å². The predicted molar refractivity (Wildman–Crippen MR) is 86.6 cm³/mol. The fourth-order valence-corrected chi connectivity index (χ4v) is 3.97. The number of methoxy groups -OCH3 is 1. The van der Waals surface area contributed by atoms with E-state index >= 15 is 0 Å². The first-order valence-corrected chi connectivity index (χ1v) is 8.74. The van der Waals surface area contributed by atoms with E-state index < -0.39 is 6.10 Å². The van der Waals surface area contributed by atoms with Crippen LogP contribution in [-0.4, -0.2) is 36.4 Å². The summed E-state index contributed by atoms with van der Waals surface area (Å²) in [5.74, 6) is 1.55. The van der Waals surface area contributed by atoms with E-state index in [0.717, 1.165) is 62.7 Å². The first-order valence-electron chi connectivity index (χ1n) is 8.74. The zero-order chi connectivity index (χ0) is 16.4. The number of hydrogen-bond donors (Lipinski definition) is 2. The zero-order valence-corrected chi connectivity index (χ0v) is 14.1.